The minimum absolute atomic E-state index is 0.301. The Balaban J connectivity index is 1.65. The Morgan fingerprint density at radius 3 is 2.63 bits per heavy atom. The van der Waals surface area contributed by atoms with Crippen molar-refractivity contribution < 1.29 is 0 Å². The Labute approximate surface area is 118 Å². The number of nitrogens with two attached hydrogens (primary N) is 1. The quantitative estimate of drug-likeness (QED) is 0.824. The summed E-state index contributed by atoms with van der Waals surface area (Å²) in [5.74, 6) is 0.932. The first-order chi connectivity index (χ1) is 9.24. The predicted molar refractivity (Wildman–Crippen MR) is 79.3 cm³/mol. The molecule has 1 atom stereocenters. The van der Waals surface area contributed by atoms with E-state index in [9.17, 15) is 0 Å². The summed E-state index contributed by atoms with van der Waals surface area (Å²) < 4.78 is 0. The fraction of sp³-hybridized carbons (Fsp3) is 0.615. The summed E-state index contributed by atoms with van der Waals surface area (Å²) in [5.41, 5.74) is 6.12. The maximum atomic E-state index is 5.53. The van der Waals surface area contributed by atoms with E-state index in [4.69, 9.17) is 18.0 Å². The van der Waals surface area contributed by atoms with E-state index in [0.717, 1.165) is 18.9 Å². The molecule has 2 saturated heterocycles. The highest BCUT2D eigenvalue weighted by Crippen LogP contribution is 2.23. The van der Waals surface area contributed by atoms with Crippen molar-refractivity contribution in [2.45, 2.75) is 25.3 Å². The number of nitrogens with zero attached hydrogens (tertiary/aromatic N) is 4. The Morgan fingerprint density at radius 2 is 2.00 bits per heavy atom. The van der Waals surface area contributed by atoms with Crippen LogP contribution in [0.5, 0.6) is 0 Å². The number of hydrogen-bond acceptors (Lipinski definition) is 5. The molecule has 2 N–H and O–H groups in total. The number of rotatable bonds is 3. The molecule has 19 heavy (non-hydrogen) atoms. The lowest BCUT2D eigenvalue weighted by atomic mass is 10.2. The highest BCUT2D eigenvalue weighted by atomic mass is 32.1. The first-order valence-corrected chi connectivity index (χ1v) is 7.26. The van der Waals surface area contributed by atoms with Gasteiger partial charge in [-0.25, -0.2) is 9.97 Å². The van der Waals surface area contributed by atoms with Crippen LogP contribution in [-0.2, 0) is 0 Å². The molecule has 0 bridgehead atoms. The third kappa shape index (κ3) is 2.69. The van der Waals surface area contributed by atoms with Crippen molar-refractivity contribution in [2.75, 3.05) is 31.1 Å². The molecule has 0 amide bonds. The molecule has 1 unspecified atom stereocenters. The summed E-state index contributed by atoms with van der Waals surface area (Å²) in [6, 6.07) is 0.680. The summed E-state index contributed by atoms with van der Waals surface area (Å²) in [7, 11) is 0. The topological polar surface area (TPSA) is 58.3 Å². The third-order valence-electron chi connectivity index (χ3n) is 4.04. The summed E-state index contributed by atoms with van der Waals surface area (Å²) in [4.78, 5) is 13.9. The molecule has 102 valence electrons. The molecule has 0 radical (unpaired) electrons. The van der Waals surface area contributed by atoms with E-state index in [-0.39, 0.29) is 0 Å². The monoisotopic (exact) mass is 277 g/mol. The molecule has 0 spiro atoms. The molecular formula is C13H19N5S. The standard InChI is InChI=1S/C13H19N5S/c14-13(19)11-7-16-12(8-15-11)18-6-3-10(9-18)17-4-1-2-5-17/h7-8,10H,1-6,9H2,(H2,14,19). The van der Waals surface area contributed by atoms with Gasteiger partial charge in [-0.05, 0) is 32.4 Å². The van der Waals surface area contributed by atoms with E-state index < -0.39 is 0 Å². The minimum atomic E-state index is 0.301. The van der Waals surface area contributed by atoms with E-state index in [0.29, 0.717) is 16.7 Å². The van der Waals surface area contributed by atoms with E-state index in [2.05, 4.69) is 19.8 Å². The molecule has 5 nitrogen and oxygen atoms in total. The molecule has 1 aromatic rings. The maximum Gasteiger partial charge on any atom is 0.147 e. The Bertz CT molecular complexity index is 455. The fourth-order valence-electron chi connectivity index (χ4n) is 2.97. The van der Waals surface area contributed by atoms with Gasteiger partial charge >= 0.3 is 0 Å². The third-order valence-corrected chi connectivity index (χ3v) is 4.24. The first-order valence-electron chi connectivity index (χ1n) is 6.85. The number of hydrogen-bond donors (Lipinski definition) is 1. The number of anilines is 1. The molecule has 2 aliphatic rings. The summed E-state index contributed by atoms with van der Waals surface area (Å²) in [5, 5.41) is 0. The van der Waals surface area contributed by atoms with Gasteiger partial charge in [-0.1, -0.05) is 12.2 Å². The minimum Gasteiger partial charge on any atom is -0.388 e. The molecule has 3 rings (SSSR count). The van der Waals surface area contributed by atoms with Crippen LogP contribution >= 0.6 is 12.2 Å². The van der Waals surface area contributed by atoms with Crippen molar-refractivity contribution in [3.63, 3.8) is 0 Å². The van der Waals surface area contributed by atoms with Crippen LogP contribution in [0.15, 0.2) is 12.4 Å². The summed E-state index contributed by atoms with van der Waals surface area (Å²) in [6.07, 6.45) is 7.36. The van der Waals surface area contributed by atoms with E-state index in [1.165, 1.54) is 32.4 Å². The molecule has 2 aliphatic heterocycles. The van der Waals surface area contributed by atoms with E-state index in [1.807, 2.05) is 0 Å². The molecule has 0 aromatic carbocycles. The number of aromatic nitrogens is 2. The van der Waals surface area contributed by atoms with Gasteiger partial charge < -0.3 is 10.6 Å². The Hall–Kier alpha value is -1.27. The second kappa shape index (κ2) is 5.38. The molecule has 0 aliphatic carbocycles. The highest BCUT2D eigenvalue weighted by molar-refractivity contribution is 7.80. The van der Waals surface area contributed by atoms with Crippen LogP contribution in [-0.4, -0.2) is 52.1 Å². The smallest absolute Gasteiger partial charge is 0.147 e. The van der Waals surface area contributed by atoms with Crippen LogP contribution in [0.2, 0.25) is 0 Å². The van der Waals surface area contributed by atoms with Crippen LogP contribution in [0, 0.1) is 0 Å². The van der Waals surface area contributed by atoms with Crippen molar-refractivity contribution in [3.8, 4) is 0 Å². The first kappa shape index (κ1) is 12.7. The van der Waals surface area contributed by atoms with Gasteiger partial charge in [0.1, 0.15) is 16.5 Å². The highest BCUT2D eigenvalue weighted by Gasteiger charge is 2.29. The average molecular weight is 277 g/mol. The summed E-state index contributed by atoms with van der Waals surface area (Å²) in [6.45, 7) is 4.62. The zero-order chi connectivity index (χ0) is 13.2. The van der Waals surface area contributed by atoms with Gasteiger partial charge in [0.25, 0.3) is 0 Å². The Morgan fingerprint density at radius 1 is 1.21 bits per heavy atom. The molecule has 1 aromatic heterocycles. The summed E-state index contributed by atoms with van der Waals surface area (Å²) >= 11 is 4.89. The Kier molecular flexibility index (Phi) is 3.61. The second-order valence-corrected chi connectivity index (χ2v) is 5.70. The van der Waals surface area contributed by atoms with Gasteiger partial charge in [0.05, 0.1) is 12.4 Å². The lowest BCUT2D eigenvalue weighted by Crippen LogP contribution is -2.35. The number of likely N-dealkylation sites (tertiary alicyclic amines) is 1. The predicted octanol–water partition coefficient (Wildman–Crippen LogP) is 0.785. The van der Waals surface area contributed by atoms with Crippen molar-refractivity contribution >= 4 is 23.0 Å². The number of thiocarbonyl (C=S) groups is 1. The van der Waals surface area contributed by atoms with Crippen molar-refractivity contribution in [1.29, 1.82) is 0 Å². The van der Waals surface area contributed by atoms with Gasteiger partial charge in [0.15, 0.2) is 0 Å². The van der Waals surface area contributed by atoms with Crippen LogP contribution in [0.3, 0.4) is 0 Å². The fourth-order valence-corrected chi connectivity index (χ4v) is 3.07. The molecule has 0 saturated carbocycles. The maximum absolute atomic E-state index is 5.53. The van der Waals surface area contributed by atoms with Crippen molar-refractivity contribution in [1.82, 2.24) is 14.9 Å². The van der Waals surface area contributed by atoms with Crippen LogP contribution in [0.1, 0.15) is 25.0 Å². The second-order valence-electron chi connectivity index (χ2n) is 5.26. The zero-order valence-electron chi connectivity index (χ0n) is 11.0. The lowest BCUT2D eigenvalue weighted by Gasteiger charge is -2.23. The van der Waals surface area contributed by atoms with Gasteiger partial charge in [0, 0.05) is 19.1 Å². The van der Waals surface area contributed by atoms with Gasteiger partial charge in [-0.15, -0.1) is 0 Å². The van der Waals surface area contributed by atoms with Gasteiger partial charge in [-0.3, -0.25) is 4.90 Å². The largest absolute Gasteiger partial charge is 0.388 e. The van der Waals surface area contributed by atoms with E-state index >= 15 is 0 Å². The van der Waals surface area contributed by atoms with Gasteiger partial charge in [0.2, 0.25) is 0 Å². The van der Waals surface area contributed by atoms with Crippen molar-refractivity contribution in [3.05, 3.63) is 18.1 Å². The lowest BCUT2D eigenvalue weighted by molar-refractivity contribution is 0.260. The molecule has 6 heteroatoms. The molecule has 3 heterocycles. The van der Waals surface area contributed by atoms with Crippen LogP contribution < -0.4 is 10.6 Å². The molecular weight excluding hydrogens is 258 g/mol. The SMILES string of the molecule is NC(=S)c1cnc(N2CCC(N3CCCC3)C2)cn1. The van der Waals surface area contributed by atoms with Gasteiger partial charge in [-0.2, -0.15) is 0 Å². The van der Waals surface area contributed by atoms with Crippen LogP contribution in [0.4, 0.5) is 5.82 Å². The van der Waals surface area contributed by atoms with Crippen LogP contribution in [0.25, 0.3) is 0 Å². The molecule has 2 fully saturated rings. The zero-order valence-corrected chi connectivity index (χ0v) is 11.8. The van der Waals surface area contributed by atoms with Crippen molar-refractivity contribution in [2.24, 2.45) is 5.73 Å². The average Bonchev–Trinajstić information content (AvgIpc) is 3.10. The normalized spacial score (nSPS) is 24.0. The van der Waals surface area contributed by atoms with E-state index in [1.54, 1.807) is 12.4 Å².